The molecule has 8 rings (SSSR count). The number of fused-ring (bicyclic) bond motifs is 2. The first-order valence-electron chi connectivity index (χ1n) is 21.4. The van der Waals surface area contributed by atoms with Crippen LogP contribution in [0.1, 0.15) is 54.2 Å². The van der Waals surface area contributed by atoms with Crippen LogP contribution in [0.25, 0.3) is 0 Å². The standard InChI is InChI=1S/C21H20BNO5S.C14H14BNO3.C7H7ClO2S.C6H15N/c1-15-2-9-20(10-3-15)29(25,26)23-13-16-4-6-18(7-5-16)28-19-8-11-21-17(12-19)14-27-22(21)24;16-8-10-1-3-12(4-2-10)19-13-5-6-14-11(7-13)9-18-15(14)17;1-6-2-4-7(5-3-6)11(8,9)10;1-4-7(5-2)6-3/h2-12,23-24H,13-14H2,1H3;1-7,17H,8-9,16H2;2-5H,1H3;4-6H2,1-3H3. The topological polar surface area (TPSA) is 187 Å². The van der Waals surface area contributed by atoms with Gasteiger partial charge >= 0.3 is 14.2 Å². The predicted octanol–water partition coefficient (Wildman–Crippen LogP) is 6.91. The zero-order chi connectivity index (χ0) is 47.9. The molecule has 5 N–H and O–H groups in total. The fourth-order valence-corrected chi connectivity index (χ4v) is 8.32. The Morgan fingerprint density at radius 2 is 1.00 bits per heavy atom. The van der Waals surface area contributed by atoms with Gasteiger partial charge in [-0.1, -0.05) is 92.6 Å². The van der Waals surface area contributed by atoms with E-state index in [4.69, 9.17) is 35.2 Å². The first-order chi connectivity index (χ1) is 31.5. The molecule has 6 aromatic rings. The fraction of sp³-hybridized carbons (Fsp3) is 0.250. The van der Waals surface area contributed by atoms with Crippen molar-refractivity contribution in [2.24, 2.45) is 5.73 Å². The lowest BCUT2D eigenvalue weighted by molar-refractivity contribution is 0.274. The Labute approximate surface area is 394 Å². The highest BCUT2D eigenvalue weighted by Crippen LogP contribution is 2.26. The van der Waals surface area contributed by atoms with Crippen LogP contribution in [0.3, 0.4) is 0 Å². The van der Waals surface area contributed by atoms with E-state index in [-0.39, 0.29) is 16.3 Å². The molecule has 348 valence electrons. The lowest BCUT2D eigenvalue weighted by Crippen LogP contribution is -2.27. The highest BCUT2D eigenvalue weighted by Gasteiger charge is 2.28. The molecule has 0 aromatic heterocycles. The van der Waals surface area contributed by atoms with Crippen LogP contribution in [0, 0.1) is 13.8 Å². The minimum Gasteiger partial charge on any atom is -0.457 e. The first kappa shape index (κ1) is 51.9. The lowest BCUT2D eigenvalue weighted by atomic mass is 9.80. The molecule has 6 aromatic carbocycles. The average molecular weight is 956 g/mol. The number of hydrogen-bond acceptors (Lipinski definition) is 12. The largest absolute Gasteiger partial charge is 0.491 e. The summed E-state index contributed by atoms with van der Waals surface area (Å²) in [4.78, 5) is 2.76. The second-order valence-corrected chi connectivity index (χ2v) is 19.6. The van der Waals surface area contributed by atoms with Crippen molar-refractivity contribution in [1.82, 2.24) is 9.62 Å². The molecule has 0 saturated carbocycles. The molecule has 0 radical (unpaired) electrons. The minimum absolute atomic E-state index is 0.143. The van der Waals surface area contributed by atoms with Gasteiger partial charge in [0.2, 0.25) is 10.0 Å². The van der Waals surface area contributed by atoms with Crippen molar-refractivity contribution >= 4 is 54.9 Å². The van der Waals surface area contributed by atoms with Crippen LogP contribution in [-0.2, 0) is 54.7 Å². The van der Waals surface area contributed by atoms with Crippen LogP contribution in [0.5, 0.6) is 23.0 Å². The molecule has 13 nitrogen and oxygen atoms in total. The molecule has 0 aliphatic carbocycles. The molecule has 0 saturated heterocycles. The highest BCUT2D eigenvalue weighted by molar-refractivity contribution is 8.13. The Morgan fingerprint density at radius 3 is 1.38 bits per heavy atom. The van der Waals surface area contributed by atoms with Crippen LogP contribution in [0.15, 0.2) is 143 Å². The summed E-state index contributed by atoms with van der Waals surface area (Å²) >= 11 is 0. The minimum atomic E-state index is -3.56. The maximum absolute atomic E-state index is 12.4. The summed E-state index contributed by atoms with van der Waals surface area (Å²) in [6.07, 6.45) is 0. The smallest absolute Gasteiger partial charge is 0.457 e. The Morgan fingerprint density at radius 1 is 0.606 bits per heavy atom. The van der Waals surface area contributed by atoms with E-state index in [1.165, 1.54) is 31.8 Å². The quantitative estimate of drug-likeness (QED) is 0.0694. The third-order valence-electron chi connectivity index (χ3n) is 10.5. The van der Waals surface area contributed by atoms with Crippen LogP contribution in [0.4, 0.5) is 0 Å². The summed E-state index contributed by atoms with van der Waals surface area (Å²) in [6.45, 7) is 15.4. The molecule has 0 bridgehead atoms. The van der Waals surface area contributed by atoms with Gasteiger partial charge in [0.15, 0.2) is 0 Å². The van der Waals surface area contributed by atoms with E-state index in [1.54, 1.807) is 60.7 Å². The number of aryl methyl sites for hydroxylation is 2. The molecule has 2 heterocycles. The lowest BCUT2D eigenvalue weighted by Gasteiger charge is -2.13. The number of halogens is 1. The molecule has 18 heteroatoms. The van der Waals surface area contributed by atoms with Crippen molar-refractivity contribution < 1.29 is 45.7 Å². The van der Waals surface area contributed by atoms with E-state index in [0.29, 0.717) is 31.3 Å². The number of hydrogen-bond donors (Lipinski definition) is 4. The average Bonchev–Trinajstić information content (AvgIpc) is 3.87. The molecule has 0 unspecified atom stereocenters. The molecule has 66 heavy (non-hydrogen) atoms. The number of benzene rings is 6. The van der Waals surface area contributed by atoms with Crippen molar-refractivity contribution in [3.8, 4) is 23.0 Å². The van der Waals surface area contributed by atoms with E-state index in [0.717, 1.165) is 55.8 Å². The van der Waals surface area contributed by atoms with E-state index >= 15 is 0 Å². The van der Waals surface area contributed by atoms with Crippen molar-refractivity contribution in [2.75, 3.05) is 19.6 Å². The molecule has 2 aliphatic rings. The van der Waals surface area contributed by atoms with Crippen molar-refractivity contribution in [3.63, 3.8) is 0 Å². The fourth-order valence-electron chi connectivity index (χ4n) is 6.53. The summed E-state index contributed by atoms with van der Waals surface area (Å²) in [7, 11) is -3.71. The summed E-state index contributed by atoms with van der Waals surface area (Å²) in [5.74, 6) is 2.78. The number of nitrogens with zero attached hydrogens (tertiary/aromatic N) is 1. The third kappa shape index (κ3) is 15.5. The molecule has 0 spiro atoms. The van der Waals surface area contributed by atoms with Crippen LogP contribution >= 0.6 is 10.7 Å². The van der Waals surface area contributed by atoms with E-state index in [1.807, 2.05) is 74.5 Å². The van der Waals surface area contributed by atoms with E-state index < -0.39 is 33.3 Å². The molecule has 0 amide bonds. The summed E-state index contributed by atoms with van der Waals surface area (Å²) < 4.78 is 70.7. The van der Waals surface area contributed by atoms with Gasteiger partial charge in [0.25, 0.3) is 9.05 Å². The second kappa shape index (κ2) is 24.6. The Hall–Kier alpha value is -5.04. The summed E-state index contributed by atoms with van der Waals surface area (Å²) in [5.41, 5.74) is 12.9. The zero-order valence-corrected chi connectivity index (χ0v) is 40.1. The maximum atomic E-state index is 12.4. The van der Waals surface area contributed by atoms with Gasteiger partial charge in [-0.2, -0.15) is 0 Å². The second-order valence-electron chi connectivity index (χ2n) is 15.3. The first-order valence-corrected chi connectivity index (χ1v) is 25.2. The number of sulfonamides is 1. The SMILES string of the molecule is CCN(CC)CC.Cc1ccc(S(=O)(=O)Cl)cc1.Cc1ccc(S(=O)(=O)NCc2ccc(Oc3ccc4c(c3)COB4O)cc2)cc1.NCc1ccc(Oc2ccc3c(c2)COB3O)cc1. The molecule has 0 fully saturated rings. The Kier molecular flexibility index (Phi) is 19.4. The normalized spacial score (nSPS) is 12.8. The molecule has 2 aliphatic heterocycles. The van der Waals surface area contributed by atoms with Gasteiger partial charge in [0.05, 0.1) is 23.0 Å². The number of ether oxygens (including phenoxy) is 2. The summed E-state index contributed by atoms with van der Waals surface area (Å²) in [5, 5.41) is 19.2. The van der Waals surface area contributed by atoms with Crippen LogP contribution < -0.4 is 30.9 Å². The van der Waals surface area contributed by atoms with Gasteiger partial charge in [-0.25, -0.2) is 21.6 Å². The van der Waals surface area contributed by atoms with Gasteiger partial charge in [-0.05, 0) is 139 Å². The molecule has 0 atom stereocenters. The van der Waals surface area contributed by atoms with Crippen molar-refractivity contribution in [2.45, 2.75) is 70.7 Å². The number of nitrogens with two attached hydrogens (primary N) is 1. The van der Waals surface area contributed by atoms with E-state index in [9.17, 15) is 26.9 Å². The third-order valence-corrected chi connectivity index (χ3v) is 13.3. The number of nitrogens with one attached hydrogen (secondary N) is 1. The van der Waals surface area contributed by atoms with Gasteiger partial charge in [0.1, 0.15) is 23.0 Å². The Balaban J connectivity index is 0.000000188. The van der Waals surface area contributed by atoms with Crippen molar-refractivity contribution in [3.05, 3.63) is 167 Å². The highest BCUT2D eigenvalue weighted by atomic mass is 35.7. The van der Waals surface area contributed by atoms with Gasteiger partial charge in [-0.15, -0.1) is 0 Å². The van der Waals surface area contributed by atoms with E-state index in [2.05, 4.69) is 30.4 Å². The summed E-state index contributed by atoms with van der Waals surface area (Å²) in [6, 6.07) is 38.9. The predicted molar refractivity (Wildman–Crippen MR) is 261 cm³/mol. The Bertz CT molecular complexity index is 2690. The van der Waals surface area contributed by atoms with Crippen LogP contribution in [-0.4, -0.2) is 65.7 Å². The van der Waals surface area contributed by atoms with Gasteiger partial charge in [0, 0.05) is 23.8 Å². The van der Waals surface area contributed by atoms with Crippen molar-refractivity contribution in [1.29, 1.82) is 0 Å². The monoisotopic (exact) mass is 955 g/mol. The van der Waals surface area contributed by atoms with Crippen LogP contribution in [0.2, 0.25) is 0 Å². The maximum Gasteiger partial charge on any atom is 0.491 e. The number of rotatable bonds is 13. The van der Waals surface area contributed by atoms with Gasteiger partial charge < -0.3 is 39.5 Å². The molecular formula is C48H56B2ClN3O10S2. The zero-order valence-electron chi connectivity index (χ0n) is 37.7. The van der Waals surface area contributed by atoms with Gasteiger partial charge in [-0.3, -0.25) is 0 Å². The molecular weight excluding hydrogens is 900 g/mol.